The van der Waals surface area contributed by atoms with Gasteiger partial charge in [0.15, 0.2) is 5.11 Å². The fourth-order valence-corrected chi connectivity index (χ4v) is 2.69. The Hall–Kier alpha value is -2.12. The van der Waals surface area contributed by atoms with Crippen LogP contribution < -0.4 is 20.1 Å². The van der Waals surface area contributed by atoms with E-state index >= 15 is 0 Å². The summed E-state index contributed by atoms with van der Waals surface area (Å²) in [5.41, 5.74) is 1.15. The maximum atomic E-state index is 12.4. The van der Waals surface area contributed by atoms with Crippen LogP contribution in [0.4, 0.5) is 5.69 Å². The standard InChI is InChI=1S/C19H21BrN2O3S/c1-4-12(2)25-15-8-6-14(7-9-15)21-19(26)22-18(23)16-11-13(20)5-10-17(16)24-3/h5-12H,4H2,1-3H3,(H2,21,22,23,26). The zero-order valence-electron chi connectivity index (χ0n) is 14.8. The van der Waals surface area contributed by atoms with E-state index in [4.69, 9.17) is 21.7 Å². The lowest BCUT2D eigenvalue weighted by atomic mass is 10.2. The molecule has 2 N–H and O–H groups in total. The number of benzene rings is 2. The van der Waals surface area contributed by atoms with E-state index in [2.05, 4.69) is 33.5 Å². The monoisotopic (exact) mass is 436 g/mol. The molecule has 1 atom stereocenters. The summed E-state index contributed by atoms with van der Waals surface area (Å²) < 4.78 is 11.7. The Labute approximate surface area is 167 Å². The molecule has 2 aromatic rings. The van der Waals surface area contributed by atoms with Crippen LogP contribution in [0.25, 0.3) is 0 Å². The number of hydrogen-bond donors (Lipinski definition) is 2. The zero-order valence-corrected chi connectivity index (χ0v) is 17.2. The molecule has 2 rings (SSSR count). The number of nitrogens with one attached hydrogen (secondary N) is 2. The third-order valence-electron chi connectivity index (χ3n) is 3.66. The number of rotatable bonds is 6. The first-order valence-corrected chi connectivity index (χ1v) is 9.35. The molecular weight excluding hydrogens is 416 g/mol. The van der Waals surface area contributed by atoms with Gasteiger partial charge >= 0.3 is 0 Å². The van der Waals surface area contributed by atoms with E-state index in [-0.39, 0.29) is 17.1 Å². The number of thiocarbonyl (C=S) groups is 1. The van der Waals surface area contributed by atoms with Crippen LogP contribution in [-0.2, 0) is 0 Å². The predicted molar refractivity (Wildman–Crippen MR) is 111 cm³/mol. The minimum atomic E-state index is -0.350. The fraction of sp³-hybridized carbons (Fsp3) is 0.263. The van der Waals surface area contributed by atoms with Crippen molar-refractivity contribution in [3.8, 4) is 11.5 Å². The molecule has 2 aromatic carbocycles. The van der Waals surface area contributed by atoms with E-state index in [0.29, 0.717) is 11.3 Å². The quantitative estimate of drug-likeness (QED) is 0.639. The maximum Gasteiger partial charge on any atom is 0.261 e. The number of anilines is 1. The first-order valence-electron chi connectivity index (χ1n) is 8.15. The van der Waals surface area contributed by atoms with Crippen LogP contribution in [0.2, 0.25) is 0 Å². The van der Waals surface area contributed by atoms with E-state index in [9.17, 15) is 4.79 Å². The highest BCUT2D eigenvalue weighted by Crippen LogP contribution is 2.23. The molecule has 1 amide bonds. The second-order valence-electron chi connectivity index (χ2n) is 5.61. The SMILES string of the molecule is CCC(C)Oc1ccc(NC(=S)NC(=O)c2cc(Br)ccc2OC)cc1. The van der Waals surface area contributed by atoms with E-state index in [1.807, 2.05) is 31.2 Å². The Kier molecular flexibility index (Phi) is 7.41. The number of ether oxygens (including phenoxy) is 2. The fourth-order valence-electron chi connectivity index (χ4n) is 2.12. The molecule has 0 radical (unpaired) electrons. The summed E-state index contributed by atoms with van der Waals surface area (Å²) in [5.74, 6) is 0.913. The van der Waals surface area contributed by atoms with Crippen LogP contribution in [0.1, 0.15) is 30.6 Å². The third kappa shape index (κ3) is 5.71. The number of amides is 1. The molecule has 0 aliphatic heterocycles. The molecule has 1 unspecified atom stereocenters. The second kappa shape index (κ2) is 9.54. The van der Waals surface area contributed by atoms with Crippen LogP contribution in [0.3, 0.4) is 0 Å². The summed E-state index contributed by atoms with van der Waals surface area (Å²) in [6, 6.07) is 12.6. The van der Waals surface area contributed by atoms with Crippen LogP contribution in [0.15, 0.2) is 46.9 Å². The summed E-state index contributed by atoms with van der Waals surface area (Å²) in [5, 5.41) is 5.83. The van der Waals surface area contributed by atoms with Crippen LogP contribution in [0, 0.1) is 0 Å². The number of halogens is 1. The van der Waals surface area contributed by atoms with E-state index in [0.717, 1.165) is 22.3 Å². The Bertz CT molecular complexity index is 781. The van der Waals surface area contributed by atoms with Crippen LogP contribution in [0.5, 0.6) is 11.5 Å². The van der Waals surface area contributed by atoms with Gasteiger partial charge in [0.25, 0.3) is 5.91 Å². The van der Waals surface area contributed by atoms with Crippen molar-refractivity contribution in [2.75, 3.05) is 12.4 Å². The molecule has 7 heteroatoms. The molecule has 26 heavy (non-hydrogen) atoms. The first-order chi connectivity index (χ1) is 12.4. The number of methoxy groups -OCH3 is 1. The summed E-state index contributed by atoms with van der Waals surface area (Å²) in [6.45, 7) is 4.09. The smallest absolute Gasteiger partial charge is 0.261 e. The average molecular weight is 437 g/mol. The lowest BCUT2D eigenvalue weighted by Gasteiger charge is -2.14. The Balaban J connectivity index is 1.98. The van der Waals surface area contributed by atoms with Crippen molar-refractivity contribution in [1.82, 2.24) is 5.32 Å². The van der Waals surface area contributed by atoms with Crippen LogP contribution in [-0.4, -0.2) is 24.2 Å². The van der Waals surface area contributed by atoms with Gasteiger partial charge in [0.1, 0.15) is 11.5 Å². The van der Waals surface area contributed by atoms with E-state index in [1.54, 1.807) is 18.2 Å². The Morgan fingerprint density at radius 3 is 2.54 bits per heavy atom. The number of carbonyl (C=O) groups excluding carboxylic acids is 1. The minimum Gasteiger partial charge on any atom is -0.496 e. The van der Waals surface area contributed by atoms with E-state index < -0.39 is 0 Å². The van der Waals surface area contributed by atoms with Crippen molar-refractivity contribution in [1.29, 1.82) is 0 Å². The number of carbonyl (C=O) groups is 1. The molecule has 0 saturated carbocycles. The highest BCUT2D eigenvalue weighted by molar-refractivity contribution is 9.10. The Morgan fingerprint density at radius 1 is 1.23 bits per heavy atom. The molecular formula is C19H21BrN2O3S. The predicted octanol–water partition coefficient (Wildman–Crippen LogP) is 4.76. The normalized spacial score (nSPS) is 11.4. The maximum absolute atomic E-state index is 12.4. The summed E-state index contributed by atoms with van der Waals surface area (Å²) >= 11 is 8.57. The van der Waals surface area contributed by atoms with Crippen molar-refractivity contribution in [2.24, 2.45) is 0 Å². The van der Waals surface area contributed by atoms with Crippen molar-refractivity contribution < 1.29 is 14.3 Å². The van der Waals surface area contributed by atoms with Crippen molar-refractivity contribution >= 4 is 44.9 Å². The molecule has 5 nitrogen and oxygen atoms in total. The van der Waals surface area contributed by atoms with Gasteiger partial charge in [-0.3, -0.25) is 10.1 Å². The molecule has 0 bridgehead atoms. The van der Waals surface area contributed by atoms with Gasteiger partial charge in [-0.2, -0.15) is 0 Å². The van der Waals surface area contributed by atoms with Gasteiger partial charge in [-0.15, -0.1) is 0 Å². The highest BCUT2D eigenvalue weighted by Gasteiger charge is 2.14. The summed E-state index contributed by atoms with van der Waals surface area (Å²) in [7, 11) is 1.51. The first kappa shape index (κ1) is 20.2. The largest absolute Gasteiger partial charge is 0.496 e. The van der Waals surface area contributed by atoms with Crippen molar-refractivity contribution in [2.45, 2.75) is 26.4 Å². The topological polar surface area (TPSA) is 59.6 Å². The van der Waals surface area contributed by atoms with Gasteiger partial charge in [0.05, 0.1) is 18.8 Å². The summed E-state index contributed by atoms with van der Waals surface area (Å²) in [6.07, 6.45) is 1.10. The van der Waals surface area contributed by atoms with E-state index in [1.165, 1.54) is 7.11 Å². The molecule has 0 aliphatic rings. The molecule has 0 fully saturated rings. The summed E-state index contributed by atoms with van der Waals surface area (Å²) in [4.78, 5) is 12.4. The van der Waals surface area contributed by atoms with Crippen LogP contribution >= 0.6 is 28.1 Å². The molecule has 0 heterocycles. The Morgan fingerprint density at radius 2 is 1.92 bits per heavy atom. The van der Waals surface area contributed by atoms with Gasteiger partial charge in [0, 0.05) is 10.2 Å². The number of hydrogen-bond acceptors (Lipinski definition) is 4. The van der Waals surface area contributed by atoms with Gasteiger partial charge in [0.2, 0.25) is 0 Å². The highest BCUT2D eigenvalue weighted by atomic mass is 79.9. The average Bonchev–Trinajstić information content (AvgIpc) is 2.63. The third-order valence-corrected chi connectivity index (χ3v) is 4.35. The molecule has 0 saturated heterocycles. The molecule has 0 aromatic heterocycles. The zero-order chi connectivity index (χ0) is 19.1. The van der Waals surface area contributed by atoms with Gasteiger partial charge in [-0.05, 0) is 68.0 Å². The lowest BCUT2D eigenvalue weighted by Crippen LogP contribution is -2.34. The van der Waals surface area contributed by atoms with Gasteiger partial charge in [-0.25, -0.2) is 0 Å². The molecule has 138 valence electrons. The van der Waals surface area contributed by atoms with Gasteiger partial charge in [-0.1, -0.05) is 22.9 Å². The molecule has 0 spiro atoms. The second-order valence-corrected chi connectivity index (χ2v) is 6.94. The molecule has 0 aliphatic carbocycles. The lowest BCUT2D eigenvalue weighted by molar-refractivity contribution is 0.0974. The van der Waals surface area contributed by atoms with Gasteiger partial charge < -0.3 is 14.8 Å². The van der Waals surface area contributed by atoms with Crippen molar-refractivity contribution in [3.05, 3.63) is 52.5 Å². The van der Waals surface area contributed by atoms with Crippen molar-refractivity contribution in [3.63, 3.8) is 0 Å². The minimum absolute atomic E-state index is 0.161.